The van der Waals surface area contributed by atoms with Gasteiger partial charge in [-0.1, -0.05) is 0 Å². The summed E-state index contributed by atoms with van der Waals surface area (Å²) >= 11 is 0. The molecule has 0 aromatic heterocycles. The van der Waals surface area contributed by atoms with E-state index in [2.05, 4.69) is 5.32 Å². The number of likely N-dealkylation sites (N-methyl/N-ethyl adjacent to an activating group) is 1. The monoisotopic (exact) mass is 367 g/mol. The molecule has 0 aliphatic carbocycles. The van der Waals surface area contributed by atoms with E-state index in [1.165, 1.54) is 6.07 Å². The van der Waals surface area contributed by atoms with Crippen molar-refractivity contribution in [1.82, 2.24) is 10.2 Å². The quantitative estimate of drug-likeness (QED) is 0.870. The summed E-state index contributed by atoms with van der Waals surface area (Å²) in [4.78, 5) is 16.0. The number of nitrogens with one attached hydrogen (secondary N) is 1. The molecule has 2 saturated heterocycles. The summed E-state index contributed by atoms with van der Waals surface area (Å²) in [6.45, 7) is 3.46. The van der Waals surface area contributed by atoms with Crippen LogP contribution in [-0.2, 0) is 4.74 Å². The fourth-order valence-corrected chi connectivity index (χ4v) is 3.62. The van der Waals surface area contributed by atoms with Gasteiger partial charge in [-0.25, -0.2) is 13.6 Å². The van der Waals surface area contributed by atoms with Crippen LogP contribution in [0.4, 0.5) is 19.3 Å². The minimum Gasteiger partial charge on any atom is -0.376 e. The van der Waals surface area contributed by atoms with E-state index in [4.69, 9.17) is 4.74 Å². The van der Waals surface area contributed by atoms with Crippen molar-refractivity contribution in [2.45, 2.75) is 31.8 Å². The van der Waals surface area contributed by atoms with Gasteiger partial charge in [0.15, 0.2) is 11.6 Å². The van der Waals surface area contributed by atoms with E-state index < -0.39 is 11.6 Å². The molecule has 2 aliphatic heterocycles. The summed E-state index contributed by atoms with van der Waals surface area (Å²) in [6, 6.07) is 3.89. The number of nitrogens with zero attached hydrogens (tertiary/aromatic N) is 2. The minimum atomic E-state index is -0.832. The molecule has 144 valence electrons. The Bertz CT molecular complexity index is 623. The summed E-state index contributed by atoms with van der Waals surface area (Å²) in [5.74, 6) is -1.36. The molecule has 26 heavy (non-hydrogen) atoms. The molecule has 5 nitrogen and oxygen atoms in total. The third-order valence-electron chi connectivity index (χ3n) is 5.19. The number of carbonyl (C=O) groups excluding carboxylic acids is 1. The molecule has 0 saturated carbocycles. The number of anilines is 1. The van der Waals surface area contributed by atoms with Gasteiger partial charge in [0.2, 0.25) is 0 Å². The Kier molecular flexibility index (Phi) is 6.29. The zero-order valence-corrected chi connectivity index (χ0v) is 15.2. The number of amides is 2. The van der Waals surface area contributed by atoms with Crippen molar-refractivity contribution in [2.75, 3.05) is 44.7 Å². The summed E-state index contributed by atoms with van der Waals surface area (Å²) in [7, 11) is 1.79. The highest BCUT2D eigenvalue weighted by atomic mass is 19.2. The van der Waals surface area contributed by atoms with Gasteiger partial charge in [-0.05, 0) is 43.7 Å². The Morgan fingerprint density at radius 3 is 2.88 bits per heavy atom. The van der Waals surface area contributed by atoms with Crippen LogP contribution in [0.1, 0.15) is 25.7 Å². The molecule has 2 unspecified atom stereocenters. The standard InChI is InChI=1S/C19H27F2N3O2/c1-23(13-16-4-2-3-9-26-16)19(25)22-11-14-7-8-24(12-14)15-5-6-17(20)18(21)10-15/h5-6,10,14,16H,2-4,7-9,11-13H2,1H3,(H,22,25). The van der Waals surface area contributed by atoms with Gasteiger partial charge in [-0.3, -0.25) is 0 Å². The van der Waals surface area contributed by atoms with Crippen molar-refractivity contribution in [2.24, 2.45) is 5.92 Å². The second-order valence-electron chi connectivity index (χ2n) is 7.25. The van der Waals surface area contributed by atoms with E-state index >= 15 is 0 Å². The van der Waals surface area contributed by atoms with Crippen LogP contribution in [0.25, 0.3) is 0 Å². The molecule has 2 fully saturated rings. The molecule has 3 rings (SSSR count). The van der Waals surface area contributed by atoms with Crippen LogP contribution in [0.2, 0.25) is 0 Å². The molecular weight excluding hydrogens is 340 g/mol. The van der Waals surface area contributed by atoms with Gasteiger partial charge in [-0.15, -0.1) is 0 Å². The number of ether oxygens (including phenoxy) is 1. The highest BCUT2D eigenvalue weighted by Crippen LogP contribution is 2.25. The number of benzene rings is 1. The first-order valence-electron chi connectivity index (χ1n) is 9.33. The number of carbonyl (C=O) groups is 1. The minimum absolute atomic E-state index is 0.0922. The van der Waals surface area contributed by atoms with Gasteiger partial charge in [0, 0.05) is 51.6 Å². The highest BCUT2D eigenvalue weighted by Gasteiger charge is 2.25. The van der Waals surface area contributed by atoms with Crippen LogP contribution in [0, 0.1) is 17.6 Å². The smallest absolute Gasteiger partial charge is 0.317 e. The van der Waals surface area contributed by atoms with Gasteiger partial charge < -0.3 is 19.9 Å². The molecule has 0 spiro atoms. The largest absolute Gasteiger partial charge is 0.376 e. The van der Waals surface area contributed by atoms with E-state index in [9.17, 15) is 13.6 Å². The fourth-order valence-electron chi connectivity index (χ4n) is 3.62. The molecule has 0 bridgehead atoms. The lowest BCUT2D eigenvalue weighted by atomic mass is 10.1. The molecule has 1 aromatic carbocycles. The second kappa shape index (κ2) is 8.66. The number of hydrogen-bond acceptors (Lipinski definition) is 3. The van der Waals surface area contributed by atoms with E-state index in [0.29, 0.717) is 24.7 Å². The summed E-state index contributed by atoms with van der Waals surface area (Å²) in [5, 5.41) is 2.98. The third-order valence-corrected chi connectivity index (χ3v) is 5.19. The summed E-state index contributed by atoms with van der Waals surface area (Å²) in [6.07, 6.45) is 4.30. The molecule has 2 atom stereocenters. The number of rotatable bonds is 5. The first kappa shape index (κ1) is 18.9. The van der Waals surface area contributed by atoms with Crippen molar-refractivity contribution in [3.8, 4) is 0 Å². The van der Waals surface area contributed by atoms with Gasteiger partial charge in [0.05, 0.1) is 6.10 Å². The lowest BCUT2D eigenvalue weighted by molar-refractivity contribution is 0.00384. The van der Waals surface area contributed by atoms with Crippen LogP contribution < -0.4 is 10.2 Å². The fraction of sp³-hybridized carbons (Fsp3) is 0.632. The first-order valence-corrected chi connectivity index (χ1v) is 9.33. The van der Waals surface area contributed by atoms with Crippen molar-refractivity contribution < 1.29 is 18.3 Å². The predicted molar refractivity (Wildman–Crippen MR) is 96.3 cm³/mol. The summed E-state index contributed by atoms with van der Waals surface area (Å²) in [5.41, 5.74) is 0.685. The van der Waals surface area contributed by atoms with Crippen molar-refractivity contribution in [3.05, 3.63) is 29.8 Å². The van der Waals surface area contributed by atoms with E-state index in [1.807, 2.05) is 4.90 Å². The van der Waals surface area contributed by atoms with Gasteiger partial charge in [0.1, 0.15) is 0 Å². The van der Waals surface area contributed by atoms with Crippen LogP contribution >= 0.6 is 0 Å². The van der Waals surface area contributed by atoms with Crippen molar-refractivity contribution in [1.29, 1.82) is 0 Å². The molecule has 2 heterocycles. The SMILES string of the molecule is CN(CC1CCCCO1)C(=O)NCC1CCN(c2ccc(F)c(F)c2)C1. The van der Waals surface area contributed by atoms with E-state index in [1.54, 1.807) is 18.0 Å². The topological polar surface area (TPSA) is 44.8 Å². The predicted octanol–water partition coefficient (Wildman–Crippen LogP) is 3.00. The first-order chi connectivity index (χ1) is 12.5. The Hall–Kier alpha value is -1.89. The maximum atomic E-state index is 13.4. The average molecular weight is 367 g/mol. The maximum Gasteiger partial charge on any atom is 0.317 e. The summed E-state index contributed by atoms with van der Waals surface area (Å²) < 4.78 is 32.1. The lowest BCUT2D eigenvalue weighted by Gasteiger charge is -2.28. The van der Waals surface area contributed by atoms with Gasteiger partial charge in [-0.2, -0.15) is 0 Å². The molecule has 7 heteroatoms. The third kappa shape index (κ3) is 4.84. The van der Waals surface area contributed by atoms with Crippen LogP contribution in [0.15, 0.2) is 18.2 Å². The Morgan fingerprint density at radius 2 is 2.15 bits per heavy atom. The average Bonchev–Trinajstić information content (AvgIpc) is 3.12. The Labute approximate surface area is 153 Å². The van der Waals surface area contributed by atoms with Crippen molar-refractivity contribution >= 4 is 11.7 Å². The molecule has 1 N–H and O–H groups in total. The van der Waals surface area contributed by atoms with Crippen LogP contribution in [-0.4, -0.2) is 56.9 Å². The zero-order valence-electron chi connectivity index (χ0n) is 15.2. The van der Waals surface area contributed by atoms with Crippen LogP contribution in [0.3, 0.4) is 0 Å². The number of hydrogen-bond donors (Lipinski definition) is 1. The number of halogens is 2. The van der Waals surface area contributed by atoms with Crippen molar-refractivity contribution in [3.63, 3.8) is 0 Å². The zero-order chi connectivity index (χ0) is 18.5. The Balaban J connectivity index is 1.42. The normalized spacial score (nSPS) is 23.1. The van der Waals surface area contributed by atoms with Gasteiger partial charge >= 0.3 is 6.03 Å². The van der Waals surface area contributed by atoms with Gasteiger partial charge in [0.25, 0.3) is 0 Å². The van der Waals surface area contributed by atoms with Crippen LogP contribution in [0.5, 0.6) is 0 Å². The molecule has 1 aromatic rings. The molecular formula is C19H27F2N3O2. The molecule has 2 aliphatic rings. The Morgan fingerprint density at radius 1 is 1.31 bits per heavy atom. The number of urea groups is 1. The maximum absolute atomic E-state index is 13.4. The highest BCUT2D eigenvalue weighted by molar-refractivity contribution is 5.73. The molecule has 2 amide bonds. The second-order valence-corrected chi connectivity index (χ2v) is 7.25. The van der Waals surface area contributed by atoms with E-state index in [-0.39, 0.29) is 12.1 Å². The molecule has 0 radical (unpaired) electrons. The lowest BCUT2D eigenvalue weighted by Crippen LogP contribution is -2.44. The van der Waals surface area contributed by atoms with E-state index in [0.717, 1.165) is 51.4 Å².